The Balaban J connectivity index is 2.44. The second-order valence-corrected chi connectivity index (χ2v) is 5.30. The van der Waals surface area contributed by atoms with Crippen LogP contribution in [-0.4, -0.2) is 7.05 Å². The van der Waals surface area contributed by atoms with E-state index >= 15 is 0 Å². The van der Waals surface area contributed by atoms with Crippen molar-refractivity contribution in [2.45, 2.75) is 6.04 Å². The second-order valence-electron chi connectivity index (χ2n) is 3.40. The first-order valence-corrected chi connectivity index (χ1v) is 6.55. The highest BCUT2D eigenvalue weighted by molar-refractivity contribution is 9.10. The lowest BCUT2D eigenvalue weighted by atomic mass is 10.1. The molecule has 0 spiro atoms. The third kappa shape index (κ3) is 2.34. The fraction of sp³-hybridized carbons (Fsp3) is 0.167. The molecule has 0 aliphatic rings. The predicted octanol–water partition coefficient (Wildman–Crippen LogP) is 3.96. The highest BCUT2D eigenvalue weighted by Crippen LogP contribution is 2.29. The molecule has 1 aromatic heterocycles. The van der Waals surface area contributed by atoms with E-state index in [4.69, 9.17) is 0 Å². The van der Waals surface area contributed by atoms with Gasteiger partial charge in [-0.05, 0) is 36.7 Å². The number of hydrogen-bond donors (Lipinski definition) is 1. The highest BCUT2D eigenvalue weighted by atomic mass is 79.9. The Kier molecular flexibility index (Phi) is 3.74. The lowest BCUT2D eigenvalue weighted by Gasteiger charge is -2.16. The summed E-state index contributed by atoms with van der Waals surface area (Å²) in [5.41, 5.74) is 0.666. The monoisotopic (exact) mass is 299 g/mol. The van der Waals surface area contributed by atoms with Crippen LogP contribution in [0.2, 0.25) is 0 Å². The first-order valence-electron chi connectivity index (χ1n) is 4.88. The van der Waals surface area contributed by atoms with E-state index in [-0.39, 0.29) is 11.9 Å². The van der Waals surface area contributed by atoms with E-state index in [1.165, 1.54) is 6.07 Å². The maximum atomic E-state index is 13.7. The molecule has 4 heteroatoms. The van der Waals surface area contributed by atoms with Crippen molar-refractivity contribution in [3.05, 3.63) is 56.4 Å². The number of benzene rings is 1. The van der Waals surface area contributed by atoms with E-state index in [0.29, 0.717) is 5.56 Å². The molecule has 2 rings (SSSR count). The zero-order valence-corrected chi connectivity index (χ0v) is 11.1. The third-order valence-electron chi connectivity index (χ3n) is 2.39. The van der Waals surface area contributed by atoms with Crippen LogP contribution >= 0.6 is 27.3 Å². The molecular weight excluding hydrogens is 289 g/mol. The number of hydrogen-bond acceptors (Lipinski definition) is 2. The molecule has 1 unspecified atom stereocenters. The van der Waals surface area contributed by atoms with Gasteiger partial charge >= 0.3 is 0 Å². The molecule has 84 valence electrons. The fourth-order valence-corrected chi connectivity index (χ4v) is 2.87. The van der Waals surface area contributed by atoms with Crippen LogP contribution in [-0.2, 0) is 0 Å². The summed E-state index contributed by atoms with van der Waals surface area (Å²) in [7, 11) is 1.84. The predicted molar refractivity (Wildman–Crippen MR) is 69.3 cm³/mol. The normalized spacial score (nSPS) is 12.7. The lowest BCUT2D eigenvalue weighted by Crippen LogP contribution is -2.17. The third-order valence-corrected chi connectivity index (χ3v) is 3.82. The van der Waals surface area contributed by atoms with Crippen molar-refractivity contribution >= 4 is 27.3 Å². The van der Waals surface area contributed by atoms with Crippen LogP contribution in [0.15, 0.2) is 40.2 Å². The summed E-state index contributed by atoms with van der Waals surface area (Å²) in [5, 5.41) is 5.13. The molecule has 0 fully saturated rings. The van der Waals surface area contributed by atoms with Gasteiger partial charge in [-0.15, -0.1) is 11.3 Å². The Hall–Kier alpha value is -0.710. The molecule has 1 heterocycles. The molecule has 0 bridgehead atoms. The maximum absolute atomic E-state index is 13.7. The topological polar surface area (TPSA) is 12.0 Å². The van der Waals surface area contributed by atoms with Gasteiger partial charge in [-0.1, -0.05) is 22.0 Å². The molecule has 1 nitrogen and oxygen atoms in total. The van der Waals surface area contributed by atoms with Gasteiger partial charge in [0.1, 0.15) is 5.82 Å². The van der Waals surface area contributed by atoms with Crippen molar-refractivity contribution < 1.29 is 4.39 Å². The zero-order chi connectivity index (χ0) is 11.5. The quantitative estimate of drug-likeness (QED) is 0.905. The van der Waals surface area contributed by atoms with Crippen LogP contribution in [0.25, 0.3) is 0 Å². The number of thiophene rings is 1. The SMILES string of the molecule is CNC(c1cccs1)c1cc(Br)ccc1F. The minimum Gasteiger partial charge on any atom is -0.309 e. The van der Waals surface area contributed by atoms with Crippen molar-refractivity contribution in [1.29, 1.82) is 0 Å². The summed E-state index contributed by atoms with van der Waals surface area (Å²) in [6.45, 7) is 0. The van der Waals surface area contributed by atoms with E-state index < -0.39 is 0 Å². The standard InChI is InChI=1S/C12H11BrFNS/c1-15-12(11-3-2-6-16-11)9-7-8(13)4-5-10(9)14/h2-7,12,15H,1H3. The summed E-state index contributed by atoms with van der Waals surface area (Å²) in [4.78, 5) is 1.11. The van der Waals surface area contributed by atoms with Crippen LogP contribution in [0.5, 0.6) is 0 Å². The van der Waals surface area contributed by atoms with Crippen LogP contribution in [0.1, 0.15) is 16.5 Å². The van der Waals surface area contributed by atoms with Crippen molar-refractivity contribution in [2.75, 3.05) is 7.05 Å². The van der Waals surface area contributed by atoms with E-state index in [0.717, 1.165) is 9.35 Å². The molecule has 0 amide bonds. The van der Waals surface area contributed by atoms with Crippen LogP contribution < -0.4 is 5.32 Å². The largest absolute Gasteiger partial charge is 0.309 e. The summed E-state index contributed by atoms with van der Waals surface area (Å²) < 4.78 is 14.6. The van der Waals surface area contributed by atoms with Gasteiger partial charge in [-0.3, -0.25) is 0 Å². The van der Waals surface area contributed by atoms with Crippen molar-refractivity contribution in [3.63, 3.8) is 0 Å². The van der Waals surface area contributed by atoms with E-state index in [1.807, 2.05) is 30.6 Å². The fourth-order valence-electron chi connectivity index (χ4n) is 1.64. The Morgan fingerprint density at radius 1 is 1.38 bits per heavy atom. The van der Waals surface area contributed by atoms with Crippen LogP contribution in [0.4, 0.5) is 4.39 Å². The maximum Gasteiger partial charge on any atom is 0.128 e. The smallest absolute Gasteiger partial charge is 0.128 e. The van der Waals surface area contributed by atoms with Gasteiger partial charge in [0.2, 0.25) is 0 Å². The molecule has 0 aliphatic heterocycles. The molecule has 2 aromatic rings. The lowest BCUT2D eigenvalue weighted by molar-refractivity contribution is 0.579. The Morgan fingerprint density at radius 2 is 2.19 bits per heavy atom. The van der Waals surface area contributed by atoms with Gasteiger partial charge in [0.15, 0.2) is 0 Å². The minimum absolute atomic E-state index is 0.0856. The molecule has 0 radical (unpaired) electrons. The summed E-state index contributed by atoms with van der Waals surface area (Å²) >= 11 is 4.99. The summed E-state index contributed by atoms with van der Waals surface area (Å²) in [6.07, 6.45) is 0. The molecular formula is C12H11BrFNS. The summed E-state index contributed by atoms with van der Waals surface area (Å²) in [6, 6.07) is 8.90. The van der Waals surface area contributed by atoms with E-state index in [9.17, 15) is 4.39 Å². The molecule has 1 aromatic carbocycles. The first-order chi connectivity index (χ1) is 7.72. The average Bonchev–Trinajstić information content (AvgIpc) is 2.78. The van der Waals surface area contributed by atoms with Gasteiger partial charge in [0.05, 0.1) is 6.04 Å². The highest BCUT2D eigenvalue weighted by Gasteiger charge is 2.17. The minimum atomic E-state index is -0.184. The van der Waals surface area contributed by atoms with E-state index in [1.54, 1.807) is 17.4 Å². The van der Waals surface area contributed by atoms with Gasteiger partial charge in [0.25, 0.3) is 0 Å². The second kappa shape index (κ2) is 5.08. The van der Waals surface area contributed by atoms with Crippen molar-refractivity contribution in [3.8, 4) is 0 Å². The Bertz CT molecular complexity index is 470. The zero-order valence-electron chi connectivity index (χ0n) is 8.71. The number of nitrogens with one attached hydrogen (secondary N) is 1. The molecule has 0 aliphatic carbocycles. The van der Waals surface area contributed by atoms with Gasteiger partial charge in [-0.25, -0.2) is 4.39 Å². The van der Waals surface area contributed by atoms with E-state index in [2.05, 4.69) is 21.2 Å². The Labute approximate surface area is 106 Å². The average molecular weight is 300 g/mol. The number of halogens is 2. The van der Waals surface area contributed by atoms with Crippen molar-refractivity contribution in [1.82, 2.24) is 5.32 Å². The van der Waals surface area contributed by atoms with Gasteiger partial charge < -0.3 is 5.32 Å². The molecule has 1 N–H and O–H groups in total. The Morgan fingerprint density at radius 3 is 2.81 bits per heavy atom. The van der Waals surface area contributed by atoms with Crippen LogP contribution in [0, 0.1) is 5.82 Å². The van der Waals surface area contributed by atoms with Crippen LogP contribution in [0.3, 0.4) is 0 Å². The van der Waals surface area contributed by atoms with Gasteiger partial charge in [-0.2, -0.15) is 0 Å². The molecule has 0 saturated heterocycles. The number of rotatable bonds is 3. The van der Waals surface area contributed by atoms with Crippen molar-refractivity contribution in [2.24, 2.45) is 0 Å². The molecule has 16 heavy (non-hydrogen) atoms. The molecule has 1 atom stereocenters. The molecule has 0 saturated carbocycles. The summed E-state index contributed by atoms with van der Waals surface area (Å²) in [5.74, 6) is -0.184. The first kappa shape index (κ1) is 11.8. The van der Waals surface area contributed by atoms with Gasteiger partial charge in [0, 0.05) is 14.9 Å².